The molecular weight excluding hydrogens is 351 g/mol. The van der Waals surface area contributed by atoms with E-state index in [9.17, 15) is 4.79 Å². The van der Waals surface area contributed by atoms with Crippen molar-refractivity contribution in [2.75, 3.05) is 17.2 Å². The van der Waals surface area contributed by atoms with E-state index in [2.05, 4.69) is 22.6 Å². The fraction of sp³-hybridized carbons (Fsp3) is 0.133. The Morgan fingerprint density at radius 3 is 2.37 bits per heavy atom. The van der Waals surface area contributed by atoms with Gasteiger partial charge in [-0.25, -0.2) is 0 Å². The van der Waals surface area contributed by atoms with Gasteiger partial charge in [0.1, 0.15) is 0 Å². The lowest BCUT2D eigenvalue weighted by Crippen LogP contribution is -2.31. The topological polar surface area (TPSA) is 46.3 Å². The summed E-state index contributed by atoms with van der Waals surface area (Å²) in [7, 11) is 0. The van der Waals surface area contributed by atoms with Crippen LogP contribution < -0.4 is 10.6 Å². The van der Waals surface area contributed by atoms with Gasteiger partial charge in [-0.3, -0.25) is 4.79 Å². The molecule has 0 radical (unpaired) electrons. The lowest BCUT2D eigenvalue weighted by Gasteiger charge is -2.21. The third-order valence-corrected chi connectivity index (χ3v) is 3.81. The van der Waals surface area contributed by atoms with Crippen LogP contribution in [-0.2, 0) is 0 Å². The number of benzene rings is 2. The first-order chi connectivity index (χ1) is 9.13. The molecule has 19 heavy (non-hydrogen) atoms. The summed E-state index contributed by atoms with van der Waals surface area (Å²) in [4.78, 5) is 14.3. The van der Waals surface area contributed by atoms with Crippen molar-refractivity contribution in [2.24, 2.45) is 0 Å². The van der Waals surface area contributed by atoms with Crippen LogP contribution in [0.2, 0.25) is 0 Å². The van der Waals surface area contributed by atoms with E-state index in [1.54, 1.807) is 17.0 Å². The van der Waals surface area contributed by atoms with Crippen LogP contribution in [0.25, 0.3) is 0 Å². The van der Waals surface area contributed by atoms with Gasteiger partial charge < -0.3 is 10.6 Å². The second-order valence-corrected chi connectivity index (χ2v) is 5.28. The highest BCUT2D eigenvalue weighted by Crippen LogP contribution is 2.21. The van der Waals surface area contributed by atoms with Crippen molar-refractivity contribution in [2.45, 2.75) is 6.92 Å². The Bertz CT molecular complexity index is 581. The van der Waals surface area contributed by atoms with E-state index in [1.807, 2.05) is 43.3 Å². The van der Waals surface area contributed by atoms with Crippen molar-refractivity contribution in [3.05, 3.63) is 57.7 Å². The molecule has 0 fully saturated rings. The van der Waals surface area contributed by atoms with Crippen LogP contribution in [0.15, 0.2) is 48.5 Å². The van der Waals surface area contributed by atoms with Gasteiger partial charge in [0.05, 0.1) is 5.56 Å². The van der Waals surface area contributed by atoms with Gasteiger partial charge in [-0.1, -0.05) is 12.1 Å². The quantitative estimate of drug-likeness (QED) is 0.667. The molecule has 0 atom stereocenters. The molecule has 0 heterocycles. The van der Waals surface area contributed by atoms with Crippen LogP contribution in [0, 0.1) is 3.57 Å². The van der Waals surface area contributed by atoms with Crippen LogP contribution in [-0.4, -0.2) is 12.5 Å². The van der Waals surface area contributed by atoms with Crippen molar-refractivity contribution in [1.82, 2.24) is 0 Å². The summed E-state index contributed by atoms with van der Waals surface area (Å²) in [5.41, 5.74) is 7.96. The Morgan fingerprint density at radius 1 is 1.16 bits per heavy atom. The molecular formula is C15H15IN2O. The van der Waals surface area contributed by atoms with E-state index in [0.29, 0.717) is 12.2 Å². The summed E-state index contributed by atoms with van der Waals surface area (Å²) in [5.74, 6) is 0.0114. The predicted molar refractivity (Wildman–Crippen MR) is 87.4 cm³/mol. The number of amides is 1. The van der Waals surface area contributed by atoms with Crippen molar-refractivity contribution >= 4 is 39.9 Å². The first kappa shape index (κ1) is 13.9. The van der Waals surface area contributed by atoms with Crippen LogP contribution >= 0.6 is 22.6 Å². The first-order valence-corrected chi connectivity index (χ1v) is 7.13. The number of anilines is 2. The Labute approximate surface area is 126 Å². The van der Waals surface area contributed by atoms with E-state index in [0.717, 1.165) is 14.8 Å². The van der Waals surface area contributed by atoms with Gasteiger partial charge in [-0.2, -0.15) is 0 Å². The molecule has 4 heteroatoms. The highest BCUT2D eigenvalue weighted by molar-refractivity contribution is 14.1. The molecule has 0 saturated carbocycles. The average Bonchev–Trinajstić information content (AvgIpc) is 2.42. The summed E-state index contributed by atoms with van der Waals surface area (Å²) in [5, 5.41) is 0. The smallest absolute Gasteiger partial charge is 0.259 e. The molecule has 2 aromatic rings. The third-order valence-electron chi connectivity index (χ3n) is 2.87. The van der Waals surface area contributed by atoms with Gasteiger partial charge in [0.25, 0.3) is 5.91 Å². The Morgan fingerprint density at radius 2 is 1.79 bits per heavy atom. The molecule has 0 spiro atoms. The van der Waals surface area contributed by atoms with Gasteiger partial charge in [-0.15, -0.1) is 0 Å². The van der Waals surface area contributed by atoms with Crippen molar-refractivity contribution in [3.8, 4) is 0 Å². The number of nitrogen functional groups attached to an aromatic ring is 1. The highest BCUT2D eigenvalue weighted by Gasteiger charge is 2.17. The fourth-order valence-corrected chi connectivity index (χ4v) is 2.50. The molecule has 0 aliphatic heterocycles. The van der Waals surface area contributed by atoms with Crippen LogP contribution in [0.1, 0.15) is 17.3 Å². The average molecular weight is 366 g/mol. The van der Waals surface area contributed by atoms with Gasteiger partial charge in [0.2, 0.25) is 0 Å². The Balaban J connectivity index is 2.35. The fourth-order valence-electron chi connectivity index (χ4n) is 1.88. The summed E-state index contributed by atoms with van der Waals surface area (Å²) in [6, 6.07) is 14.9. The zero-order chi connectivity index (χ0) is 13.8. The molecule has 0 aliphatic rings. The van der Waals surface area contributed by atoms with Crippen LogP contribution in [0.4, 0.5) is 11.4 Å². The molecule has 0 aromatic heterocycles. The summed E-state index contributed by atoms with van der Waals surface area (Å²) in [6.45, 7) is 2.58. The number of carbonyl (C=O) groups excluding carboxylic acids is 1. The van der Waals surface area contributed by atoms with Crippen molar-refractivity contribution in [3.63, 3.8) is 0 Å². The molecule has 1 amide bonds. The van der Waals surface area contributed by atoms with Crippen LogP contribution in [0.5, 0.6) is 0 Å². The second-order valence-electron chi connectivity index (χ2n) is 4.12. The maximum Gasteiger partial charge on any atom is 0.259 e. The Hall–Kier alpha value is -1.56. The largest absolute Gasteiger partial charge is 0.399 e. The minimum atomic E-state index is 0.0114. The lowest BCUT2D eigenvalue weighted by molar-refractivity contribution is 0.0987. The minimum absolute atomic E-state index is 0.0114. The number of hydrogen-bond donors (Lipinski definition) is 1. The zero-order valence-electron chi connectivity index (χ0n) is 10.6. The monoisotopic (exact) mass is 366 g/mol. The van der Waals surface area contributed by atoms with Gasteiger partial charge in [0.15, 0.2) is 0 Å². The molecule has 0 saturated heterocycles. The molecule has 3 nitrogen and oxygen atoms in total. The maximum absolute atomic E-state index is 12.6. The van der Waals surface area contributed by atoms with Crippen molar-refractivity contribution < 1.29 is 4.79 Å². The number of rotatable bonds is 3. The summed E-state index contributed by atoms with van der Waals surface area (Å²) < 4.78 is 0.957. The van der Waals surface area contributed by atoms with E-state index in [1.165, 1.54) is 0 Å². The molecule has 0 aliphatic carbocycles. The minimum Gasteiger partial charge on any atom is -0.399 e. The summed E-state index contributed by atoms with van der Waals surface area (Å²) in [6.07, 6.45) is 0. The number of nitrogens with zero attached hydrogens (tertiary/aromatic N) is 1. The number of carbonyl (C=O) groups is 1. The highest BCUT2D eigenvalue weighted by atomic mass is 127. The zero-order valence-corrected chi connectivity index (χ0v) is 12.8. The Kier molecular flexibility index (Phi) is 4.42. The van der Waals surface area contributed by atoms with E-state index in [-0.39, 0.29) is 5.91 Å². The number of halogens is 1. The molecule has 0 bridgehead atoms. The van der Waals surface area contributed by atoms with E-state index >= 15 is 0 Å². The summed E-state index contributed by atoms with van der Waals surface area (Å²) >= 11 is 2.18. The number of nitrogens with two attached hydrogens (primary N) is 1. The molecule has 2 N–H and O–H groups in total. The first-order valence-electron chi connectivity index (χ1n) is 6.05. The van der Waals surface area contributed by atoms with Gasteiger partial charge >= 0.3 is 0 Å². The standard InChI is InChI=1S/C15H15IN2O/c1-2-18(12-9-7-11(17)8-10-12)15(19)13-5-3-4-6-14(13)16/h3-10H,2,17H2,1H3. The molecule has 0 unspecified atom stereocenters. The van der Waals surface area contributed by atoms with E-state index in [4.69, 9.17) is 5.73 Å². The van der Waals surface area contributed by atoms with Crippen molar-refractivity contribution in [1.29, 1.82) is 0 Å². The van der Waals surface area contributed by atoms with Crippen LogP contribution in [0.3, 0.4) is 0 Å². The number of hydrogen-bond acceptors (Lipinski definition) is 2. The third kappa shape index (κ3) is 3.07. The SMILES string of the molecule is CCN(C(=O)c1ccccc1I)c1ccc(N)cc1. The molecule has 2 rings (SSSR count). The maximum atomic E-state index is 12.6. The van der Waals surface area contributed by atoms with Gasteiger partial charge in [0, 0.05) is 21.5 Å². The molecule has 2 aromatic carbocycles. The normalized spacial score (nSPS) is 10.2. The van der Waals surface area contributed by atoms with Gasteiger partial charge in [-0.05, 0) is 65.9 Å². The lowest BCUT2D eigenvalue weighted by atomic mass is 10.1. The molecule has 98 valence electrons. The van der Waals surface area contributed by atoms with E-state index < -0.39 is 0 Å². The second kappa shape index (κ2) is 6.06. The predicted octanol–water partition coefficient (Wildman–Crippen LogP) is 3.54.